The molecule has 25 heavy (non-hydrogen) atoms. The Labute approximate surface area is 150 Å². The first-order valence-electron chi connectivity index (χ1n) is 9.73. The number of piperidine rings is 1. The molecule has 0 radical (unpaired) electrons. The van der Waals surface area contributed by atoms with Crippen LogP contribution in [-0.2, 0) is 6.54 Å². The number of carbonyl (C=O) groups excluding carboxylic acids is 1. The van der Waals surface area contributed by atoms with Crippen LogP contribution in [0.3, 0.4) is 0 Å². The first-order chi connectivity index (χ1) is 12.2. The Morgan fingerprint density at radius 3 is 2.96 bits per heavy atom. The normalized spacial score (nSPS) is 21.3. The predicted molar refractivity (Wildman–Crippen MR) is 95.2 cm³/mol. The maximum Gasteiger partial charge on any atom is 0.317 e. The van der Waals surface area contributed by atoms with E-state index >= 15 is 0 Å². The number of carbonyl (C=O) groups is 1. The van der Waals surface area contributed by atoms with E-state index in [4.69, 9.17) is 4.52 Å². The molecular formula is C18H31N5O2. The molecular weight excluding hydrogens is 318 g/mol. The Morgan fingerprint density at radius 1 is 1.40 bits per heavy atom. The van der Waals surface area contributed by atoms with Gasteiger partial charge in [0.25, 0.3) is 0 Å². The average Bonchev–Trinajstić information content (AvgIpc) is 3.35. The van der Waals surface area contributed by atoms with Crippen LogP contribution < -0.4 is 5.32 Å². The van der Waals surface area contributed by atoms with E-state index in [9.17, 15) is 4.79 Å². The lowest BCUT2D eigenvalue weighted by molar-refractivity contribution is 0.178. The topological polar surface area (TPSA) is 74.5 Å². The summed E-state index contributed by atoms with van der Waals surface area (Å²) in [6, 6.07) is -0.0488. The van der Waals surface area contributed by atoms with Gasteiger partial charge in [-0.3, -0.25) is 0 Å². The smallest absolute Gasteiger partial charge is 0.317 e. The highest BCUT2D eigenvalue weighted by Crippen LogP contribution is 2.38. The van der Waals surface area contributed by atoms with Crippen molar-refractivity contribution < 1.29 is 9.32 Å². The molecule has 2 fully saturated rings. The third-order valence-corrected chi connectivity index (χ3v) is 5.08. The van der Waals surface area contributed by atoms with Gasteiger partial charge in [-0.05, 0) is 58.0 Å². The second-order valence-corrected chi connectivity index (χ2v) is 7.47. The van der Waals surface area contributed by atoms with Crippen LogP contribution in [0.4, 0.5) is 4.79 Å². The second-order valence-electron chi connectivity index (χ2n) is 7.47. The summed E-state index contributed by atoms with van der Waals surface area (Å²) in [6.07, 6.45) is 5.90. The standard InChI is InChI=1S/C18H31N5O2/c1-3-23(13-16-20-17(25-21-16)15-7-8-15)18(24)19-9-5-11-22-10-4-6-14(2)12-22/h14-15H,3-13H2,1-2H3,(H,19,24)/t14-/m1/s1. The molecule has 0 bridgehead atoms. The van der Waals surface area contributed by atoms with Crippen LogP contribution in [0.15, 0.2) is 4.52 Å². The molecule has 1 aliphatic carbocycles. The number of urea groups is 1. The Kier molecular flexibility index (Phi) is 6.29. The van der Waals surface area contributed by atoms with Crippen molar-refractivity contribution in [2.75, 3.05) is 32.7 Å². The number of nitrogens with one attached hydrogen (secondary N) is 1. The number of nitrogens with zero attached hydrogens (tertiary/aromatic N) is 4. The number of rotatable bonds is 8. The van der Waals surface area contributed by atoms with Gasteiger partial charge >= 0.3 is 6.03 Å². The Bertz CT molecular complexity index is 557. The van der Waals surface area contributed by atoms with Gasteiger partial charge in [0.1, 0.15) is 0 Å². The van der Waals surface area contributed by atoms with E-state index < -0.39 is 0 Å². The highest BCUT2D eigenvalue weighted by atomic mass is 16.5. The van der Waals surface area contributed by atoms with Gasteiger partial charge in [0.2, 0.25) is 5.89 Å². The van der Waals surface area contributed by atoms with E-state index in [1.54, 1.807) is 4.90 Å². The predicted octanol–water partition coefficient (Wildman–Crippen LogP) is 2.60. The summed E-state index contributed by atoms with van der Waals surface area (Å²) >= 11 is 0. The maximum absolute atomic E-state index is 12.3. The van der Waals surface area contributed by atoms with E-state index in [2.05, 4.69) is 27.3 Å². The van der Waals surface area contributed by atoms with Crippen LogP contribution in [-0.4, -0.2) is 58.7 Å². The molecule has 0 aromatic carbocycles. The minimum atomic E-state index is -0.0488. The highest BCUT2D eigenvalue weighted by Gasteiger charge is 2.30. The van der Waals surface area contributed by atoms with Gasteiger partial charge < -0.3 is 19.6 Å². The van der Waals surface area contributed by atoms with Crippen molar-refractivity contribution in [3.8, 4) is 0 Å². The molecule has 2 aliphatic rings. The quantitative estimate of drug-likeness (QED) is 0.730. The molecule has 1 aliphatic heterocycles. The summed E-state index contributed by atoms with van der Waals surface area (Å²) in [5, 5.41) is 7.02. The van der Waals surface area contributed by atoms with Crippen LogP contribution in [0.25, 0.3) is 0 Å². The van der Waals surface area contributed by atoms with E-state index in [1.807, 2.05) is 6.92 Å². The Morgan fingerprint density at radius 2 is 2.24 bits per heavy atom. The van der Waals surface area contributed by atoms with E-state index in [0.717, 1.165) is 37.6 Å². The fraction of sp³-hybridized carbons (Fsp3) is 0.833. The zero-order valence-corrected chi connectivity index (χ0v) is 15.5. The number of aromatic nitrogens is 2. The van der Waals surface area contributed by atoms with Gasteiger partial charge in [0, 0.05) is 25.6 Å². The minimum absolute atomic E-state index is 0.0488. The van der Waals surface area contributed by atoms with Crippen LogP contribution in [0.5, 0.6) is 0 Å². The number of amides is 2. The minimum Gasteiger partial charge on any atom is -0.339 e. The van der Waals surface area contributed by atoms with Gasteiger partial charge in [0.15, 0.2) is 5.82 Å². The Hall–Kier alpha value is -1.63. The summed E-state index contributed by atoms with van der Waals surface area (Å²) in [5.74, 6) is 2.57. The van der Waals surface area contributed by atoms with Gasteiger partial charge in [-0.1, -0.05) is 12.1 Å². The van der Waals surface area contributed by atoms with E-state index in [0.29, 0.717) is 31.4 Å². The molecule has 140 valence electrons. The molecule has 3 rings (SSSR count). The van der Waals surface area contributed by atoms with E-state index in [-0.39, 0.29) is 6.03 Å². The Balaban J connectivity index is 1.36. The van der Waals surface area contributed by atoms with Crippen molar-refractivity contribution >= 4 is 6.03 Å². The van der Waals surface area contributed by atoms with Crippen LogP contribution in [0.2, 0.25) is 0 Å². The summed E-state index contributed by atoms with van der Waals surface area (Å²) < 4.78 is 5.26. The lowest BCUT2D eigenvalue weighted by Crippen LogP contribution is -2.41. The summed E-state index contributed by atoms with van der Waals surface area (Å²) in [4.78, 5) is 21.0. The summed E-state index contributed by atoms with van der Waals surface area (Å²) in [5.41, 5.74) is 0. The molecule has 1 aromatic heterocycles. The molecule has 1 N–H and O–H groups in total. The zero-order valence-electron chi connectivity index (χ0n) is 15.5. The highest BCUT2D eigenvalue weighted by molar-refractivity contribution is 5.73. The molecule has 1 aromatic rings. The molecule has 7 heteroatoms. The molecule has 0 spiro atoms. The van der Waals surface area contributed by atoms with Crippen molar-refractivity contribution in [2.24, 2.45) is 5.92 Å². The third-order valence-electron chi connectivity index (χ3n) is 5.08. The number of hydrogen-bond donors (Lipinski definition) is 1. The molecule has 0 unspecified atom stereocenters. The van der Waals surface area contributed by atoms with Crippen molar-refractivity contribution in [2.45, 2.75) is 58.4 Å². The largest absolute Gasteiger partial charge is 0.339 e. The molecule has 1 saturated carbocycles. The SMILES string of the molecule is CCN(Cc1noc(C2CC2)n1)C(=O)NCCCN1CCC[C@@H](C)C1. The first kappa shape index (κ1) is 18.2. The van der Waals surface area contributed by atoms with Crippen LogP contribution >= 0.6 is 0 Å². The second kappa shape index (κ2) is 8.65. The van der Waals surface area contributed by atoms with Crippen molar-refractivity contribution in [3.05, 3.63) is 11.7 Å². The van der Waals surface area contributed by atoms with Crippen molar-refractivity contribution in [1.29, 1.82) is 0 Å². The summed E-state index contributed by atoms with van der Waals surface area (Å²) in [6.45, 7) is 9.48. The van der Waals surface area contributed by atoms with Crippen LogP contribution in [0, 0.1) is 5.92 Å². The first-order valence-corrected chi connectivity index (χ1v) is 9.73. The molecule has 2 amide bonds. The van der Waals surface area contributed by atoms with Crippen LogP contribution in [0.1, 0.15) is 63.6 Å². The molecule has 1 saturated heterocycles. The van der Waals surface area contributed by atoms with Gasteiger partial charge in [-0.25, -0.2) is 4.79 Å². The fourth-order valence-electron chi connectivity index (χ4n) is 3.43. The van der Waals surface area contributed by atoms with E-state index in [1.165, 1.54) is 25.9 Å². The third kappa shape index (κ3) is 5.42. The maximum atomic E-state index is 12.3. The van der Waals surface area contributed by atoms with Gasteiger partial charge in [-0.15, -0.1) is 0 Å². The molecule has 1 atom stereocenters. The van der Waals surface area contributed by atoms with Crippen molar-refractivity contribution in [1.82, 2.24) is 25.3 Å². The average molecular weight is 349 g/mol. The zero-order chi connectivity index (χ0) is 17.6. The lowest BCUT2D eigenvalue weighted by Gasteiger charge is -2.30. The van der Waals surface area contributed by atoms with Gasteiger partial charge in [-0.2, -0.15) is 4.98 Å². The number of hydrogen-bond acceptors (Lipinski definition) is 5. The fourth-order valence-corrected chi connectivity index (χ4v) is 3.43. The van der Waals surface area contributed by atoms with Gasteiger partial charge in [0.05, 0.1) is 6.54 Å². The molecule has 7 nitrogen and oxygen atoms in total. The summed E-state index contributed by atoms with van der Waals surface area (Å²) in [7, 11) is 0. The van der Waals surface area contributed by atoms with Crippen molar-refractivity contribution in [3.63, 3.8) is 0 Å². The lowest BCUT2D eigenvalue weighted by atomic mass is 10.0. The molecule has 2 heterocycles. The monoisotopic (exact) mass is 349 g/mol. The number of likely N-dealkylation sites (tertiary alicyclic amines) is 1.